The SMILES string of the molecule is C=C(C)/C(C#N)=C/c1ccc2cc(N(CC)CCC)ccc2c1. The Bertz CT molecular complexity index is 778. The maximum Gasteiger partial charge on any atom is 0.0994 e. The van der Waals surface area contributed by atoms with Gasteiger partial charge in [-0.2, -0.15) is 5.26 Å². The lowest BCUT2D eigenvalue weighted by Gasteiger charge is -2.22. The Balaban J connectivity index is 2.40. The van der Waals surface area contributed by atoms with Crippen LogP contribution in [0.5, 0.6) is 0 Å². The number of rotatable bonds is 6. The Labute approximate surface area is 139 Å². The second-order valence-corrected chi connectivity index (χ2v) is 5.82. The highest BCUT2D eigenvalue weighted by Gasteiger charge is 2.05. The molecule has 0 N–H and O–H groups in total. The van der Waals surface area contributed by atoms with Gasteiger partial charge in [0.15, 0.2) is 0 Å². The lowest BCUT2D eigenvalue weighted by molar-refractivity contribution is 0.792. The fourth-order valence-electron chi connectivity index (χ4n) is 2.70. The van der Waals surface area contributed by atoms with Crippen LogP contribution >= 0.6 is 0 Å². The molecule has 0 unspecified atom stereocenters. The first-order valence-electron chi connectivity index (χ1n) is 8.15. The maximum atomic E-state index is 9.16. The molecular weight excluding hydrogens is 280 g/mol. The van der Waals surface area contributed by atoms with Gasteiger partial charge in [0.05, 0.1) is 11.6 Å². The molecule has 2 aromatic rings. The summed E-state index contributed by atoms with van der Waals surface area (Å²) in [7, 11) is 0. The number of nitrogens with zero attached hydrogens (tertiary/aromatic N) is 2. The minimum atomic E-state index is 0.626. The third-order valence-corrected chi connectivity index (χ3v) is 3.98. The van der Waals surface area contributed by atoms with Crippen LogP contribution in [0.15, 0.2) is 54.1 Å². The lowest BCUT2D eigenvalue weighted by Crippen LogP contribution is -2.23. The van der Waals surface area contributed by atoms with E-state index in [0.29, 0.717) is 5.57 Å². The van der Waals surface area contributed by atoms with Crippen molar-refractivity contribution in [2.24, 2.45) is 0 Å². The van der Waals surface area contributed by atoms with E-state index in [0.717, 1.165) is 30.6 Å². The Morgan fingerprint density at radius 2 is 1.87 bits per heavy atom. The third-order valence-electron chi connectivity index (χ3n) is 3.98. The highest BCUT2D eigenvalue weighted by atomic mass is 15.1. The molecular formula is C21H24N2. The monoisotopic (exact) mass is 304 g/mol. The van der Waals surface area contributed by atoms with E-state index in [-0.39, 0.29) is 0 Å². The molecule has 0 heterocycles. The molecule has 0 aromatic heterocycles. The van der Waals surface area contributed by atoms with Gasteiger partial charge in [-0.05, 0) is 66.5 Å². The van der Waals surface area contributed by atoms with Gasteiger partial charge in [0, 0.05) is 18.8 Å². The van der Waals surface area contributed by atoms with Gasteiger partial charge >= 0.3 is 0 Å². The van der Waals surface area contributed by atoms with Crippen molar-refractivity contribution in [3.63, 3.8) is 0 Å². The highest BCUT2D eigenvalue weighted by molar-refractivity contribution is 5.88. The average molecular weight is 304 g/mol. The summed E-state index contributed by atoms with van der Waals surface area (Å²) in [4.78, 5) is 2.39. The number of nitriles is 1. The molecule has 0 saturated heterocycles. The fraction of sp³-hybridized carbons (Fsp3) is 0.286. The van der Waals surface area contributed by atoms with Crippen molar-refractivity contribution in [3.05, 3.63) is 59.7 Å². The van der Waals surface area contributed by atoms with E-state index in [1.807, 2.05) is 13.0 Å². The number of benzene rings is 2. The van der Waals surface area contributed by atoms with E-state index in [9.17, 15) is 0 Å². The predicted molar refractivity (Wildman–Crippen MR) is 101 cm³/mol. The molecule has 0 spiro atoms. The molecule has 2 nitrogen and oxygen atoms in total. The number of anilines is 1. The van der Waals surface area contributed by atoms with Crippen LogP contribution < -0.4 is 4.90 Å². The lowest BCUT2D eigenvalue weighted by atomic mass is 10.0. The van der Waals surface area contributed by atoms with Crippen LogP contribution in [-0.4, -0.2) is 13.1 Å². The fourth-order valence-corrected chi connectivity index (χ4v) is 2.70. The summed E-state index contributed by atoms with van der Waals surface area (Å²) in [6.45, 7) is 12.2. The van der Waals surface area contributed by atoms with E-state index in [2.05, 4.69) is 67.8 Å². The highest BCUT2D eigenvalue weighted by Crippen LogP contribution is 2.24. The normalized spacial score (nSPS) is 11.3. The topological polar surface area (TPSA) is 27.0 Å². The summed E-state index contributed by atoms with van der Waals surface area (Å²) in [6, 6.07) is 15.1. The van der Waals surface area contributed by atoms with Crippen molar-refractivity contribution in [3.8, 4) is 6.07 Å². The molecule has 2 rings (SSSR count). The molecule has 0 aliphatic rings. The largest absolute Gasteiger partial charge is 0.372 e. The molecule has 0 bridgehead atoms. The first-order valence-corrected chi connectivity index (χ1v) is 8.15. The van der Waals surface area contributed by atoms with Gasteiger partial charge in [-0.1, -0.05) is 31.7 Å². The minimum absolute atomic E-state index is 0.626. The van der Waals surface area contributed by atoms with Crippen LogP contribution in [0.1, 0.15) is 32.8 Å². The molecule has 0 atom stereocenters. The van der Waals surface area contributed by atoms with Crippen molar-refractivity contribution >= 4 is 22.5 Å². The summed E-state index contributed by atoms with van der Waals surface area (Å²) in [5.41, 5.74) is 3.72. The molecule has 2 heteroatoms. The second-order valence-electron chi connectivity index (χ2n) is 5.82. The molecule has 118 valence electrons. The standard InChI is InChI=1S/C21H24N2/c1-5-11-23(6-2)21-10-9-18-12-17(7-8-19(18)14-21)13-20(15-22)16(3)4/h7-10,12-14H,3,5-6,11H2,1-2,4H3/b20-13+. The first kappa shape index (κ1) is 16.8. The van der Waals surface area contributed by atoms with Gasteiger partial charge in [0.1, 0.15) is 0 Å². The number of hydrogen-bond donors (Lipinski definition) is 0. The minimum Gasteiger partial charge on any atom is -0.372 e. The Hall–Kier alpha value is -2.53. The zero-order chi connectivity index (χ0) is 16.8. The summed E-state index contributed by atoms with van der Waals surface area (Å²) in [5, 5.41) is 11.6. The van der Waals surface area contributed by atoms with Crippen LogP contribution in [0.25, 0.3) is 16.8 Å². The summed E-state index contributed by atoms with van der Waals surface area (Å²) in [5.74, 6) is 0. The van der Waals surface area contributed by atoms with E-state index >= 15 is 0 Å². The van der Waals surface area contributed by atoms with Crippen LogP contribution in [0.2, 0.25) is 0 Å². The molecule has 0 radical (unpaired) electrons. The van der Waals surface area contributed by atoms with E-state index < -0.39 is 0 Å². The van der Waals surface area contributed by atoms with Crippen LogP contribution in [-0.2, 0) is 0 Å². The Morgan fingerprint density at radius 1 is 1.17 bits per heavy atom. The Morgan fingerprint density at radius 3 is 2.48 bits per heavy atom. The summed E-state index contributed by atoms with van der Waals surface area (Å²) < 4.78 is 0. The Kier molecular flexibility index (Phi) is 5.60. The quantitative estimate of drug-likeness (QED) is 0.516. The van der Waals surface area contributed by atoms with Crippen molar-refractivity contribution < 1.29 is 0 Å². The van der Waals surface area contributed by atoms with Crippen LogP contribution in [0.3, 0.4) is 0 Å². The zero-order valence-corrected chi connectivity index (χ0v) is 14.3. The van der Waals surface area contributed by atoms with Gasteiger partial charge in [0.2, 0.25) is 0 Å². The van der Waals surface area contributed by atoms with Gasteiger partial charge in [-0.3, -0.25) is 0 Å². The molecule has 0 aliphatic heterocycles. The average Bonchev–Trinajstić information content (AvgIpc) is 2.56. The smallest absolute Gasteiger partial charge is 0.0994 e. The summed E-state index contributed by atoms with van der Waals surface area (Å²) >= 11 is 0. The van der Waals surface area contributed by atoms with Gasteiger partial charge in [0.25, 0.3) is 0 Å². The van der Waals surface area contributed by atoms with Crippen LogP contribution in [0.4, 0.5) is 5.69 Å². The van der Waals surface area contributed by atoms with Gasteiger partial charge < -0.3 is 4.90 Å². The van der Waals surface area contributed by atoms with E-state index in [4.69, 9.17) is 5.26 Å². The zero-order valence-electron chi connectivity index (χ0n) is 14.3. The van der Waals surface area contributed by atoms with Gasteiger partial charge in [-0.15, -0.1) is 0 Å². The van der Waals surface area contributed by atoms with Crippen molar-refractivity contribution in [2.45, 2.75) is 27.2 Å². The number of allylic oxidation sites excluding steroid dienone is 2. The van der Waals surface area contributed by atoms with Crippen molar-refractivity contribution in [2.75, 3.05) is 18.0 Å². The van der Waals surface area contributed by atoms with E-state index in [1.165, 1.54) is 16.5 Å². The molecule has 23 heavy (non-hydrogen) atoms. The van der Waals surface area contributed by atoms with Crippen molar-refractivity contribution in [1.82, 2.24) is 0 Å². The van der Waals surface area contributed by atoms with E-state index in [1.54, 1.807) is 0 Å². The number of fused-ring (bicyclic) bond motifs is 1. The molecule has 0 aliphatic carbocycles. The summed E-state index contributed by atoms with van der Waals surface area (Å²) in [6.07, 6.45) is 3.04. The molecule has 2 aromatic carbocycles. The predicted octanol–water partition coefficient (Wildman–Crippen LogP) is 5.56. The molecule has 0 amide bonds. The van der Waals surface area contributed by atoms with Crippen LogP contribution in [0, 0.1) is 11.3 Å². The third kappa shape index (κ3) is 4.02. The molecule has 0 fully saturated rings. The molecule has 0 saturated carbocycles. The van der Waals surface area contributed by atoms with Gasteiger partial charge in [-0.25, -0.2) is 0 Å². The van der Waals surface area contributed by atoms with Crippen molar-refractivity contribution in [1.29, 1.82) is 5.26 Å². The first-order chi connectivity index (χ1) is 11.1. The second kappa shape index (κ2) is 7.65. The number of hydrogen-bond acceptors (Lipinski definition) is 2. The maximum absolute atomic E-state index is 9.16.